The largest absolute Gasteiger partial charge is 0.357 e. The number of pyridine rings is 1. The van der Waals surface area contributed by atoms with Gasteiger partial charge in [0.1, 0.15) is 11.3 Å². The van der Waals surface area contributed by atoms with E-state index in [2.05, 4.69) is 15.3 Å². The van der Waals surface area contributed by atoms with Gasteiger partial charge in [0.25, 0.3) is 5.56 Å². The minimum Gasteiger partial charge on any atom is -0.357 e. The number of benzene rings is 2. The molecule has 0 aliphatic carbocycles. The lowest BCUT2D eigenvalue weighted by atomic mass is 10.0. The molecule has 0 radical (unpaired) electrons. The quantitative estimate of drug-likeness (QED) is 0.351. The molecular formula is C24H22F3N5O3S. The molecule has 36 heavy (non-hydrogen) atoms. The summed E-state index contributed by atoms with van der Waals surface area (Å²) in [6.45, 7) is 3.40. The van der Waals surface area contributed by atoms with Crippen molar-refractivity contribution in [1.82, 2.24) is 14.5 Å². The molecule has 0 saturated heterocycles. The average molecular weight is 518 g/mol. The van der Waals surface area contributed by atoms with Gasteiger partial charge in [0.2, 0.25) is 16.0 Å². The van der Waals surface area contributed by atoms with Crippen molar-refractivity contribution in [3.05, 3.63) is 82.0 Å². The maximum absolute atomic E-state index is 15.2. The van der Waals surface area contributed by atoms with Crippen molar-refractivity contribution in [1.29, 1.82) is 0 Å². The Labute approximate surface area is 204 Å². The second-order valence-corrected chi connectivity index (χ2v) is 10.0. The fourth-order valence-electron chi connectivity index (χ4n) is 3.78. The van der Waals surface area contributed by atoms with Gasteiger partial charge in [-0.2, -0.15) is 4.98 Å². The Morgan fingerprint density at radius 2 is 1.72 bits per heavy atom. The van der Waals surface area contributed by atoms with E-state index >= 15 is 4.39 Å². The van der Waals surface area contributed by atoms with Crippen LogP contribution in [0.25, 0.3) is 22.2 Å². The monoisotopic (exact) mass is 517 g/mol. The van der Waals surface area contributed by atoms with E-state index in [0.717, 1.165) is 0 Å². The fourth-order valence-corrected chi connectivity index (χ4v) is 4.98. The number of rotatable bonds is 7. The molecule has 4 rings (SSSR count). The summed E-state index contributed by atoms with van der Waals surface area (Å²) in [5, 5.41) is 3.10. The van der Waals surface area contributed by atoms with E-state index in [1.54, 1.807) is 43.8 Å². The van der Waals surface area contributed by atoms with Gasteiger partial charge < -0.3 is 5.32 Å². The van der Waals surface area contributed by atoms with E-state index in [1.165, 1.54) is 29.0 Å². The first-order chi connectivity index (χ1) is 17.0. The number of hydrogen-bond donors (Lipinski definition) is 2. The highest BCUT2D eigenvalue weighted by molar-refractivity contribution is 7.91. The van der Waals surface area contributed by atoms with Crippen LogP contribution >= 0.6 is 0 Å². The van der Waals surface area contributed by atoms with Crippen LogP contribution < -0.4 is 15.6 Å². The van der Waals surface area contributed by atoms with Crippen LogP contribution in [0, 0.1) is 17.5 Å². The Balaban J connectivity index is 1.83. The lowest BCUT2D eigenvalue weighted by Gasteiger charge is -2.17. The van der Waals surface area contributed by atoms with Gasteiger partial charge in [-0.1, -0.05) is 30.3 Å². The molecule has 0 unspecified atom stereocenters. The molecule has 0 aliphatic heterocycles. The fraction of sp³-hybridized carbons (Fsp3) is 0.208. The van der Waals surface area contributed by atoms with Gasteiger partial charge in [-0.3, -0.25) is 14.1 Å². The average Bonchev–Trinajstić information content (AvgIpc) is 2.83. The second kappa shape index (κ2) is 9.61. The van der Waals surface area contributed by atoms with E-state index in [-0.39, 0.29) is 17.2 Å². The van der Waals surface area contributed by atoms with Crippen LogP contribution in [0.3, 0.4) is 0 Å². The van der Waals surface area contributed by atoms with Gasteiger partial charge in [-0.25, -0.2) is 26.6 Å². The number of nitrogens with one attached hydrogen (secondary N) is 2. The standard InChI is InChI=1S/C24H22F3N5O3S/c1-13(2)32-22-15(11-29-24(28-3)30-22)9-17(23(32)33)16-10-18(25)21(20(27)19(16)26)31-36(34,35)12-14-7-5-4-6-8-14/h4-11,13,31H,12H2,1-3H3,(H,28,29,30). The van der Waals surface area contributed by atoms with Crippen LogP contribution in [0.2, 0.25) is 0 Å². The van der Waals surface area contributed by atoms with Crippen LogP contribution in [-0.2, 0) is 15.8 Å². The summed E-state index contributed by atoms with van der Waals surface area (Å²) in [5.41, 5.74) is -2.25. The van der Waals surface area contributed by atoms with Gasteiger partial charge >= 0.3 is 0 Å². The highest BCUT2D eigenvalue weighted by Crippen LogP contribution is 2.32. The summed E-state index contributed by atoms with van der Waals surface area (Å²) in [6, 6.07) is 9.36. The Morgan fingerprint density at radius 1 is 1.03 bits per heavy atom. The van der Waals surface area contributed by atoms with E-state index in [4.69, 9.17) is 0 Å². The third kappa shape index (κ3) is 4.76. The maximum atomic E-state index is 15.2. The SMILES string of the molecule is CNc1ncc2cc(-c3cc(F)c(NS(=O)(=O)Cc4ccccc4)c(F)c3F)c(=O)n(C(C)C)c2n1. The Kier molecular flexibility index (Phi) is 6.72. The summed E-state index contributed by atoms with van der Waals surface area (Å²) in [4.78, 5) is 21.6. The van der Waals surface area contributed by atoms with Crippen molar-refractivity contribution in [2.75, 3.05) is 17.1 Å². The molecule has 0 fully saturated rings. The molecule has 2 N–H and O–H groups in total. The number of halogens is 3. The van der Waals surface area contributed by atoms with Crippen LogP contribution in [0.5, 0.6) is 0 Å². The zero-order valence-corrected chi connectivity index (χ0v) is 20.3. The summed E-state index contributed by atoms with van der Waals surface area (Å²) < 4.78 is 73.2. The molecule has 0 bridgehead atoms. The number of fused-ring (bicyclic) bond motifs is 1. The number of nitrogens with zero attached hydrogens (tertiary/aromatic N) is 3. The minimum atomic E-state index is -4.27. The van der Waals surface area contributed by atoms with Gasteiger partial charge in [-0.15, -0.1) is 0 Å². The van der Waals surface area contributed by atoms with Crippen molar-refractivity contribution in [3.63, 3.8) is 0 Å². The van der Waals surface area contributed by atoms with Crippen molar-refractivity contribution < 1.29 is 21.6 Å². The van der Waals surface area contributed by atoms with E-state index in [0.29, 0.717) is 17.0 Å². The Bertz CT molecular complexity index is 1620. The summed E-state index contributed by atoms with van der Waals surface area (Å²) in [6.07, 6.45) is 1.40. The highest BCUT2D eigenvalue weighted by Gasteiger charge is 2.26. The lowest BCUT2D eigenvalue weighted by Crippen LogP contribution is -2.25. The molecule has 2 aromatic carbocycles. The first-order valence-electron chi connectivity index (χ1n) is 10.8. The van der Waals surface area contributed by atoms with Crippen LogP contribution in [0.15, 0.2) is 53.5 Å². The molecule has 0 saturated carbocycles. The van der Waals surface area contributed by atoms with Crippen molar-refractivity contribution in [2.45, 2.75) is 25.6 Å². The molecule has 0 aliphatic rings. The third-order valence-electron chi connectivity index (χ3n) is 5.42. The molecule has 2 aromatic heterocycles. The van der Waals surface area contributed by atoms with Crippen molar-refractivity contribution in [3.8, 4) is 11.1 Å². The molecule has 12 heteroatoms. The van der Waals surface area contributed by atoms with Crippen molar-refractivity contribution in [2.24, 2.45) is 0 Å². The molecule has 0 atom stereocenters. The Hall–Kier alpha value is -3.93. The molecule has 8 nitrogen and oxygen atoms in total. The van der Waals surface area contributed by atoms with Crippen molar-refractivity contribution >= 4 is 32.7 Å². The third-order valence-corrected chi connectivity index (χ3v) is 6.65. The van der Waals surface area contributed by atoms with E-state index in [9.17, 15) is 22.0 Å². The number of anilines is 2. The van der Waals surface area contributed by atoms with Crippen LogP contribution in [0.1, 0.15) is 25.5 Å². The van der Waals surface area contributed by atoms with Gasteiger partial charge in [0.05, 0.1) is 11.3 Å². The summed E-state index contributed by atoms with van der Waals surface area (Å²) in [5.74, 6) is -5.04. The summed E-state index contributed by atoms with van der Waals surface area (Å²) in [7, 11) is -2.67. The molecule has 2 heterocycles. The number of hydrogen-bond acceptors (Lipinski definition) is 6. The van der Waals surface area contributed by atoms with Crippen LogP contribution in [0.4, 0.5) is 24.8 Å². The van der Waals surface area contributed by atoms with Gasteiger partial charge in [0.15, 0.2) is 17.5 Å². The highest BCUT2D eigenvalue weighted by atomic mass is 32.2. The number of sulfonamides is 1. The topological polar surface area (TPSA) is 106 Å². The first-order valence-corrected chi connectivity index (χ1v) is 12.5. The predicted octanol–water partition coefficient (Wildman–Crippen LogP) is 4.44. The molecule has 0 amide bonds. The van der Waals surface area contributed by atoms with Gasteiger partial charge in [-0.05, 0) is 31.5 Å². The lowest BCUT2D eigenvalue weighted by molar-refractivity contribution is 0.502. The zero-order valence-electron chi connectivity index (χ0n) is 19.5. The zero-order chi connectivity index (χ0) is 26.2. The molecule has 4 aromatic rings. The predicted molar refractivity (Wildman–Crippen MR) is 132 cm³/mol. The van der Waals surface area contributed by atoms with Gasteiger partial charge in [0, 0.05) is 30.2 Å². The van der Waals surface area contributed by atoms with E-state index in [1.807, 2.05) is 0 Å². The molecule has 0 spiro atoms. The normalized spacial score (nSPS) is 11.8. The number of aromatic nitrogens is 3. The second-order valence-electron chi connectivity index (χ2n) is 8.31. The molecule has 188 valence electrons. The maximum Gasteiger partial charge on any atom is 0.260 e. The van der Waals surface area contributed by atoms with E-state index < -0.39 is 56.1 Å². The first kappa shape index (κ1) is 25.2. The van der Waals surface area contributed by atoms with Crippen LogP contribution in [-0.4, -0.2) is 30.0 Å². The molecular weight excluding hydrogens is 495 g/mol. The Morgan fingerprint density at radius 3 is 2.36 bits per heavy atom. The minimum absolute atomic E-state index is 0.249. The smallest absolute Gasteiger partial charge is 0.260 e. The summed E-state index contributed by atoms with van der Waals surface area (Å²) >= 11 is 0.